The number of nitrogens with two attached hydrogens (primary N) is 1. The zero-order valence-electron chi connectivity index (χ0n) is 7.28. The van der Waals surface area contributed by atoms with E-state index in [1.165, 1.54) is 0 Å². The van der Waals surface area contributed by atoms with Gasteiger partial charge in [-0.1, -0.05) is 13.8 Å². The van der Waals surface area contributed by atoms with Gasteiger partial charge in [0.1, 0.15) is 0 Å². The summed E-state index contributed by atoms with van der Waals surface area (Å²) in [5.74, 6) is -0.0863. The summed E-state index contributed by atoms with van der Waals surface area (Å²) in [7, 11) is 0. The Hall–Kier alpha value is -0.830. The van der Waals surface area contributed by atoms with Crippen LogP contribution >= 0.6 is 11.3 Å². The smallest absolute Gasteiger partial charge is 0.225 e. The van der Waals surface area contributed by atoms with Gasteiger partial charge in [0.2, 0.25) is 5.91 Å². The molecule has 0 spiro atoms. The lowest BCUT2D eigenvalue weighted by Crippen LogP contribution is -2.24. The highest BCUT2D eigenvalue weighted by Crippen LogP contribution is 2.25. The van der Waals surface area contributed by atoms with E-state index in [0.29, 0.717) is 0 Å². The van der Waals surface area contributed by atoms with Crippen LogP contribution in [0.15, 0.2) is 16.8 Å². The van der Waals surface area contributed by atoms with Crippen molar-refractivity contribution in [3.8, 4) is 0 Å². The minimum Gasteiger partial charge on any atom is -0.369 e. The minimum atomic E-state index is -0.233. The average Bonchev–Trinajstić information content (AvgIpc) is 2.37. The van der Waals surface area contributed by atoms with Crippen LogP contribution in [-0.2, 0) is 4.79 Å². The molecule has 0 fully saturated rings. The fraction of sp³-hybridized carbons (Fsp3) is 0.444. The Bertz CT molecular complexity index is 254. The summed E-state index contributed by atoms with van der Waals surface area (Å²) in [6.07, 6.45) is 0. The number of thiophene rings is 1. The molecule has 0 radical (unpaired) electrons. The van der Waals surface area contributed by atoms with Gasteiger partial charge in [-0.2, -0.15) is 11.3 Å². The molecule has 1 rings (SSSR count). The number of rotatable bonds is 3. The molecule has 66 valence electrons. The van der Waals surface area contributed by atoms with Gasteiger partial charge < -0.3 is 5.73 Å². The molecule has 0 aliphatic rings. The first-order valence-electron chi connectivity index (χ1n) is 3.94. The van der Waals surface area contributed by atoms with E-state index in [1.807, 2.05) is 30.7 Å². The van der Waals surface area contributed by atoms with Crippen LogP contribution in [0.1, 0.15) is 25.3 Å². The average molecular weight is 183 g/mol. The summed E-state index contributed by atoms with van der Waals surface area (Å²) in [6.45, 7) is 4.01. The second-order valence-electron chi connectivity index (χ2n) is 3.18. The fourth-order valence-corrected chi connectivity index (χ4v) is 2.03. The van der Waals surface area contributed by atoms with E-state index in [0.717, 1.165) is 5.56 Å². The second kappa shape index (κ2) is 3.72. The third kappa shape index (κ3) is 1.85. The predicted molar refractivity (Wildman–Crippen MR) is 51.1 cm³/mol. The monoisotopic (exact) mass is 183 g/mol. The molecule has 0 aromatic carbocycles. The maximum atomic E-state index is 11.1. The summed E-state index contributed by atoms with van der Waals surface area (Å²) in [5, 5.41) is 3.95. The first kappa shape index (κ1) is 9.26. The number of hydrogen-bond acceptors (Lipinski definition) is 2. The van der Waals surface area contributed by atoms with Gasteiger partial charge in [0.15, 0.2) is 0 Å². The summed E-state index contributed by atoms with van der Waals surface area (Å²) in [5.41, 5.74) is 6.34. The van der Waals surface area contributed by atoms with Gasteiger partial charge in [-0.3, -0.25) is 4.79 Å². The largest absolute Gasteiger partial charge is 0.369 e. The number of carbonyl (C=O) groups is 1. The van der Waals surface area contributed by atoms with E-state index >= 15 is 0 Å². The lowest BCUT2D eigenvalue weighted by Gasteiger charge is -2.15. The number of carbonyl (C=O) groups excluding carboxylic acids is 1. The highest BCUT2D eigenvalue weighted by Gasteiger charge is 2.21. The van der Waals surface area contributed by atoms with E-state index < -0.39 is 0 Å². The zero-order chi connectivity index (χ0) is 9.14. The van der Waals surface area contributed by atoms with Crippen molar-refractivity contribution < 1.29 is 4.79 Å². The molecule has 2 nitrogen and oxygen atoms in total. The second-order valence-corrected chi connectivity index (χ2v) is 3.96. The van der Waals surface area contributed by atoms with Crippen molar-refractivity contribution in [3.05, 3.63) is 22.4 Å². The molecule has 1 amide bonds. The Morgan fingerprint density at radius 2 is 2.25 bits per heavy atom. The maximum absolute atomic E-state index is 11.1. The van der Waals surface area contributed by atoms with Gasteiger partial charge in [0.25, 0.3) is 0 Å². The molecule has 2 N–H and O–H groups in total. The highest BCUT2D eigenvalue weighted by atomic mass is 32.1. The molecule has 0 saturated carbocycles. The van der Waals surface area contributed by atoms with Crippen molar-refractivity contribution >= 4 is 17.2 Å². The molecule has 3 heteroatoms. The molecule has 1 unspecified atom stereocenters. The van der Waals surface area contributed by atoms with E-state index in [9.17, 15) is 4.79 Å². The molecule has 0 aliphatic carbocycles. The molecular weight excluding hydrogens is 170 g/mol. The number of hydrogen-bond donors (Lipinski definition) is 1. The van der Waals surface area contributed by atoms with Crippen molar-refractivity contribution in [1.82, 2.24) is 0 Å². The van der Waals surface area contributed by atoms with Crippen LogP contribution in [0.3, 0.4) is 0 Å². The number of amides is 1. The van der Waals surface area contributed by atoms with Gasteiger partial charge in [-0.05, 0) is 28.3 Å². The van der Waals surface area contributed by atoms with Crippen molar-refractivity contribution in [2.45, 2.75) is 19.8 Å². The van der Waals surface area contributed by atoms with Crippen LogP contribution in [0.25, 0.3) is 0 Å². The van der Waals surface area contributed by atoms with Crippen LogP contribution in [0.4, 0.5) is 0 Å². The Morgan fingerprint density at radius 1 is 1.58 bits per heavy atom. The van der Waals surface area contributed by atoms with Crippen molar-refractivity contribution in [2.75, 3.05) is 0 Å². The Balaban J connectivity index is 2.88. The normalized spacial score (nSPS) is 13.2. The SMILES string of the molecule is CC(C)C(C(N)=O)c1ccsc1. The fourth-order valence-electron chi connectivity index (χ4n) is 1.33. The standard InChI is InChI=1S/C9H13NOS/c1-6(2)8(9(10)11)7-3-4-12-5-7/h3-6,8H,1-2H3,(H2,10,11). The molecule has 12 heavy (non-hydrogen) atoms. The van der Waals surface area contributed by atoms with Crippen LogP contribution in [0.2, 0.25) is 0 Å². The molecule has 1 atom stereocenters. The summed E-state index contributed by atoms with van der Waals surface area (Å²) < 4.78 is 0. The Morgan fingerprint density at radius 3 is 2.58 bits per heavy atom. The lowest BCUT2D eigenvalue weighted by molar-refractivity contribution is -0.120. The molecule has 0 aliphatic heterocycles. The Labute approximate surface area is 76.4 Å². The van der Waals surface area contributed by atoms with E-state index in [4.69, 9.17) is 5.73 Å². The van der Waals surface area contributed by atoms with Gasteiger partial charge >= 0.3 is 0 Å². The van der Waals surface area contributed by atoms with Crippen molar-refractivity contribution in [2.24, 2.45) is 11.7 Å². The highest BCUT2D eigenvalue weighted by molar-refractivity contribution is 7.08. The van der Waals surface area contributed by atoms with E-state index in [-0.39, 0.29) is 17.7 Å². The quantitative estimate of drug-likeness (QED) is 0.765. The molecule has 0 saturated heterocycles. The molecule has 1 heterocycles. The molecule has 1 aromatic heterocycles. The summed E-state index contributed by atoms with van der Waals surface area (Å²) in [6, 6.07) is 1.96. The molecule has 1 aromatic rings. The van der Waals surface area contributed by atoms with Crippen LogP contribution in [0.5, 0.6) is 0 Å². The van der Waals surface area contributed by atoms with Gasteiger partial charge in [0, 0.05) is 0 Å². The summed E-state index contributed by atoms with van der Waals surface area (Å²) >= 11 is 1.59. The van der Waals surface area contributed by atoms with E-state index in [1.54, 1.807) is 11.3 Å². The zero-order valence-corrected chi connectivity index (χ0v) is 8.10. The maximum Gasteiger partial charge on any atom is 0.225 e. The van der Waals surface area contributed by atoms with Crippen molar-refractivity contribution in [3.63, 3.8) is 0 Å². The van der Waals surface area contributed by atoms with E-state index in [2.05, 4.69) is 0 Å². The topological polar surface area (TPSA) is 43.1 Å². The third-order valence-corrected chi connectivity index (χ3v) is 2.58. The first-order valence-corrected chi connectivity index (χ1v) is 4.88. The van der Waals surface area contributed by atoms with Crippen LogP contribution < -0.4 is 5.73 Å². The summed E-state index contributed by atoms with van der Waals surface area (Å²) in [4.78, 5) is 11.1. The minimum absolute atomic E-state index is 0.128. The first-order chi connectivity index (χ1) is 5.63. The van der Waals surface area contributed by atoms with Gasteiger partial charge in [-0.25, -0.2) is 0 Å². The lowest BCUT2D eigenvalue weighted by atomic mass is 9.90. The van der Waals surface area contributed by atoms with Gasteiger partial charge in [0.05, 0.1) is 5.92 Å². The van der Waals surface area contributed by atoms with Crippen LogP contribution in [-0.4, -0.2) is 5.91 Å². The van der Waals surface area contributed by atoms with Crippen molar-refractivity contribution in [1.29, 1.82) is 0 Å². The molecule has 0 bridgehead atoms. The third-order valence-electron chi connectivity index (χ3n) is 1.88. The number of primary amides is 1. The predicted octanol–water partition coefficient (Wildman–Crippen LogP) is 1.97. The molecular formula is C9H13NOS. The Kier molecular flexibility index (Phi) is 2.87. The van der Waals surface area contributed by atoms with Gasteiger partial charge in [-0.15, -0.1) is 0 Å². The van der Waals surface area contributed by atoms with Crippen LogP contribution in [0, 0.1) is 5.92 Å².